The number of halogens is 5. The minimum absolute atomic E-state index is 0.718. The van der Waals surface area contributed by atoms with Crippen molar-refractivity contribution in [1.29, 1.82) is 0 Å². The van der Waals surface area contributed by atoms with Crippen molar-refractivity contribution in [3.63, 3.8) is 0 Å². The molecule has 2 atom stereocenters. The lowest BCUT2D eigenvalue weighted by atomic mass is 10.0. The summed E-state index contributed by atoms with van der Waals surface area (Å²) in [6.45, 7) is 0. The van der Waals surface area contributed by atoms with Gasteiger partial charge in [0.1, 0.15) is 0 Å². The van der Waals surface area contributed by atoms with E-state index in [1.807, 2.05) is 0 Å². The van der Waals surface area contributed by atoms with E-state index in [4.69, 9.17) is 10.8 Å². The van der Waals surface area contributed by atoms with Crippen molar-refractivity contribution in [3.05, 3.63) is 35.4 Å². The van der Waals surface area contributed by atoms with Crippen molar-refractivity contribution in [3.8, 4) is 0 Å². The van der Waals surface area contributed by atoms with E-state index in [1.165, 1.54) is 0 Å². The van der Waals surface area contributed by atoms with Gasteiger partial charge in [0.05, 0.1) is 6.04 Å². The highest BCUT2D eigenvalue weighted by molar-refractivity contribution is 5.23. The summed E-state index contributed by atoms with van der Waals surface area (Å²) in [5.41, 5.74) is 4.30. The van der Waals surface area contributed by atoms with E-state index in [-0.39, 0.29) is 0 Å². The van der Waals surface area contributed by atoms with E-state index >= 15 is 0 Å². The molecule has 0 heterocycles. The maximum Gasteiger partial charge on any atom is 0.416 e. The molecule has 0 aliphatic rings. The first-order valence-corrected chi connectivity index (χ1v) is 4.19. The van der Waals surface area contributed by atoms with Crippen LogP contribution in [0.15, 0.2) is 18.2 Å². The van der Waals surface area contributed by atoms with Crippen molar-refractivity contribution in [2.45, 2.75) is 18.3 Å². The molecule has 16 heavy (non-hydrogen) atoms. The van der Waals surface area contributed by atoms with E-state index in [0.717, 1.165) is 18.2 Å². The molecule has 0 spiro atoms. The lowest BCUT2D eigenvalue weighted by Crippen LogP contribution is -2.39. The Morgan fingerprint density at radius 1 is 1.19 bits per heavy atom. The zero-order chi connectivity index (χ0) is 12.5. The number of alkyl halides is 3. The number of hydrogen-bond acceptors (Lipinski definition) is 2. The van der Waals surface area contributed by atoms with E-state index in [2.05, 4.69) is 0 Å². The van der Waals surface area contributed by atoms with Crippen molar-refractivity contribution < 1.29 is 27.1 Å². The third-order valence-electron chi connectivity index (χ3n) is 2.02. The fraction of sp³-hybridized carbons (Fsp3) is 0.333. The zero-order valence-corrected chi connectivity index (χ0v) is 7.80. The lowest BCUT2D eigenvalue weighted by Gasteiger charge is -2.21. The Hall–Kier alpha value is -1.21. The zero-order valence-electron chi connectivity index (χ0n) is 7.80. The maximum absolute atomic E-state index is 13.1. The summed E-state index contributed by atoms with van der Waals surface area (Å²) in [6, 6.07) is 0.580. The van der Waals surface area contributed by atoms with Gasteiger partial charge in [-0.2, -0.15) is 13.2 Å². The average molecular weight is 241 g/mol. The Bertz CT molecular complexity index is 379. The molecule has 0 unspecified atom stereocenters. The Labute approximate surface area is 87.5 Å². The predicted molar refractivity (Wildman–Crippen MR) is 45.3 cm³/mol. The van der Waals surface area contributed by atoms with Crippen molar-refractivity contribution in [2.24, 2.45) is 5.73 Å². The van der Waals surface area contributed by atoms with E-state index in [1.54, 1.807) is 0 Å². The van der Waals surface area contributed by atoms with Gasteiger partial charge in [0, 0.05) is 5.56 Å². The molecule has 0 aromatic heterocycles. The summed E-state index contributed by atoms with van der Waals surface area (Å²) >= 11 is 0. The van der Waals surface area contributed by atoms with Crippen LogP contribution in [0, 0.1) is 11.6 Å². The Morgan fingerprint density at radius 2 is 1.75 bits per heavy atom. The van der Waals surface area contributed by atoms with Gasteiger partial charge in [0.15, 0.2) is 17.7 Å². The summed E-state index contributed by atoms with van der Waals surface area (Å²) < 4.78 is 62.0. The molecule has 0 aliphatic heterocycles. The monoisotopic (exact) mass is 241 g/mol. The Balaban J connectivity index is 3.06. The molecule has 0 saturated heterocycles. The molecule has 0 bridgehead atoms. The molecule has 7 heteroatoms. The number of benzene rings is 1. The number of aliphatic hydroxyl groups excluding tert-OH is 1. The Kier molecular flexibility index (Phi) is 3.49. The second kappa shape index (κ2) is 4.34. The third kappa shape index (κ3) is 2.48. The number of rotatable bonds is 2. The second-order valence-corrected chi connectivity index (χ2v) is 3.16. The molecule has 0 saturated carbocycles. The topological polar surface area (TPSA) is 46.2 Å². The molecule has 0 fully saturated rings. The standard InChI is InChI=1S/C9H8F5NO/c10-5-3-1-2-4(6(5)11)7(15)8(16)9(12,13)14/h1-3,7-8,16H,15H2/t7-,8-/m0/s1. The number of nitrogens with two attached hydrogens (primary N) is 1. The normalized spacial score (nSPS) is 15.9. The minimum Gasteiger partial charge on any atom is -0.382 e. The molecule has 90 valence electrons. The number of aliphatic hydroxyl groups is 1. The highest BCUT2D eigenvalue weighted by atomic mass is 19.4. The quantitative estimate of drug-likeness (QED) is 0.776. The first-order valence-electron chi connectivity index (χ1n) is 4.19. The predicted octanol–water partition coefficient (Wildman–Crippen LogP) is 1.89. The van der Waals surface area contributed by atoms with E-state index in [9.17, 15) is 22.0 Å². The summed E-state index contributed by atoms with van der Waals surface area (Å²) in [5, 5.41) is 8.78. The van der Waals surface area contributed by atoms with Gasteiger partial charge >= 0.3 is 6.18 Å². The molecule has 3 N–H and O–H groups in total. The smallest absolute Gasteiger partial charge is 0.382 e. The van der Waals surface area contributed by atoms with Crippen LogP contribution in [-0.4, -0.2) is 17.4 Å². The lowest BCUT2D eigenvalue weighted by molar-refractivity contribution is -0.210. The first-order chi connectivity index (χ1) is 7.25. The van der Waals surface area contributed by atoms with Gasteiger partial charge < -0.3 is 10.8 Å². The first kappa shape index (κ1) is 12.9. The van der Waals surface area contributed by atoms with Gasteiger partial charge in [-0.05, 0) is 6.07 Å². The summed E-state index contributed by atoms with van der Waals surface area (Å²) in [6.07, 6.45) is -7.93. The van der Waals surface area contributed by atoms with Crippen LogP contribution in [0.5, 0.6) is 0 Å². The average Bonchev–Trinajstić information content (AvgIpc) is 2.18. The molecular weight excluding hydrogens is 233 g/mol. The number of hydrogen-bond donors (Lipinski definition) is 2. The molecule has 1 aromatic carbocycles. The third-order valence-corrected chi connectivity index (χ3v) is 2.02. The van der Waals surface area contributed by atoms with Gasteiger partial charge in [-0.1, -0.05) is 12.1 Å². The van der Waals surface area contributed by atoms with Gasteiger partial charge in [0.2, 0.25) is 0 Å². The van der Waals surface area contributed by atoms with Gasteiger partial charge in [-0.15, -0.1) is 0 Å². The Morgan fingerprint density at radius 3 is 2.25 bits per heavy atom. The molecule has 0 amide bonds. The fourth-order valence-electron chi connectivity index (χ4n) is 1.15. The van der Waals surface area contributed by atoms with Crippen LogP contribution < -0.4 is 5.73 Å². The molecular formula is C9H8F5NO. The molecule has 1 rings (SSSR count). The van der Waals surface area contributed by atoms with Gasteiger partial charge in [-0.3, -0.25) is 0 Å². The van der Waals surface area contributed by atoms with Crippen LogP contribution in [0.2, 0.25) is 0 Å². The maximum atomic E-state index is 13.1. The fourth-order valence-corrected chi connectivity index (χ4v) is 1.15. The van der Waals surface area contributed by atoms with Crippen molar-refractivity contribution in [2.75, 3.05) is 0 Å². The highest BCUT2D eigenvalue weighted by Crippen LogP contribution is 2.30. The summed E-state index contributed by atoms with van der Waals surface area (Å²) in [4.78, 5) is 0. The van der Waals surface area contributed by atoms with Crippen molar-refractivity contribution in [1.82, 2.24) is 0 Å². The minimum atomic E-state index is -4.99. The van der Waals surface area contributed by atoms with Gasteiger partial charge in [0.25, 0.3) is 0 Å². The van der Waals surface area contributed by atoms with Crippen LogP contribution in [0.1, 0.15) is 11.6 Å². The summed E-state index contributed by atoms with van der Waals surface area (Å²) in [5.74, 6) is -2.80. The molecule has 0 radical (unpaired) electrons. The van der Waals surface area contributed by atoms with Crippen molar-refractivity contribution >= 4 is 0 Å². The van der Waals surface area contributed by atoms with Gasteiger partial charge in [-0.25, -0.2) is 8.78 Å². The summed E-state index contributed by atoms with van der Waals surface area (Å²) in [7, 11) is 0. The second-order valence-electron chi connectivity index (χ2n) is 3.16. The van der Waals surface area contributed by atoms with Crippen LogP contribution >= 0.6 is 0 Å². The highest BCUT2D eigenvalue weighted by Gasteiger charge is 2.43. The molecule has 2 nitrogen and oxygen atoms in total. The molecule has 0 aliphatic carbocycles. The van der Waals surface area contributed by atoms with Crippen LogP contribution in [0.25, 0.3) is 0 Å². The van der Waals surface area contributed by atoms with Crippen LogP contribution in [0.4, 0.5) is 22.0 Å². The van der Waals surface area contributed by atoms with E-state index in [0.29, 0.717) is 0 Å². The largest absolute Gasteiger partial charge is 0.416 e. The molecule has 1 aromatic rings. The SMILES string of the molecule is N[C@@H](c1cccc(F)c1F)[C@H](O)C(F)(F)F. The van der Waals surface area contributed by atoms with Crippen LogP contribution in [-0.2, 0) is 0 Å². The van der Waals surface area contributed by atoms with E-state index < -0.39 is 35.5 Å². The van der Waals surface area contributed by atoms with Crippen LogP contribution in [0.3, 0.4) is 0 Å².